The van der Waals surface area contributed by atoms with Crippen molar-refractivity contribution < 1.29 is 0 Å². The summed E-state index contributed by atoms with van der Waals surface area (Å²) in [6.07, 6.45) is 0. The number of aryl methyl sites for hydroxylation is 1. The molecule has 0 aliphatic heterocycles. The zero-order valence-corrected chi connectivity index (χ0v) is 11.2. The fourth-order valence-electron chi connectivity index (χ4n) is 1.52. The molecule has 1 nitrogen and oxygen atoms in total. The van der Waals surface area contributed by atoms with Crippen LogP contribution in [0.1, 0.15) is 11.1 Å². The van der Waals surface area contributed by atoms with Gasteiger partial charge in [-0.3, -0.25) is 0 Å². The SMILES string of the molecule is Cc1ccc(CSc2c(N)cccc2Cl)cc1. The molecule has 88 valence electrons. The number of benzene rings is 2. The van der Waals surface area contributed by atoms with Crippen LogP contribution in [-0.2, 0) is 5.75 Å². The Labute approximate surface area is 111 Å². The fraction of sp³-hybridized carbons (Fsp3) is 0.143. The number of anilines is 1. The first-order chi connectivity index (χ1) is 8.16. The Hall–Kier alpha value is -1.12. The van der Waals surface area contributed by atoms with Gasteiger partial charge in [-0.15, -0.1) is 11.8 Å². The van der Waals surface area contributed by atoms with Crippen LogP contribution in [0.15, 0.2) is 47.4 Å². The molecule has 0 atom stereocenters. The van der Waals surface area contributed by atoms with Gasteiger partial charge in [-0.2, -0.15) is 0 Å². The van der Waals surface area contributed by atoms with Gasteiger partial charge in [0, 0.05) is 16.3 Å². The molecule has 17 heavy (non-hydrogen) atoms. The standard InChI is InChI=1S/C14H14ClNS/c1-10-5-7-11(8-6-10)9-17-14-12(15)3-2-4-13(14)16/h2-8H,9,16H2,1H3. The van der Waals surface area contributed by atoms with E-state index in [1.165, 1.54) is 11.1 Å². The largest absolute Gasteiger partial charge is 0.398 e. The van der Waals surface area contributed by atoms with Gasteiger partial charge in [-0.1, -0.05) is 47.5 Å². The summed E-state index contributed by atoms with van der Waals surface area (Å²) in [5.41, 5.74) is 9.20. The number of nitrogens with two attached hydrogens (primary N) is 1. The third-order valence-corrected chi connectivity index (χ3v) is 4.15. The summed E-state index contributed by atoms with van der Waals surface area (Å²) in [5, 5.41) is 0.724. The monoisotopic (exact) mass is 263 g/mol. The molecule has 0 unspecified atom stereocenters. The van der Waals surface area contributed by atoms with Crippen molar-refractivity contribution in [3.05, 3.63) is 58.6 Å². The van der Waals surface area contributed by atoms with Gasteiger partial charge < -0.3 is 5.73 Å². The maximum Gasteiger partial charge on any atom is 0.0562 e. The highest BCUT2D eigenvalue weighted by molar-refractivity contribution is 7.98. The summed E-state index contributed by atoms with van der Waals surface area (Å²) in [5.74, 6) is 0.883. The summed E-state index contributed by atoms with van der Waals surface area (Å²) >= 11 is 7.80. The average molecular weight is 264 g/mol. The predicted molar refractivity (Wildman–Crippen MR) is 76.6 cm³/mol. The van der Waals surface area contributed by atoms with Crippen LogP contribution in [0, 0.1) is 6.92 Å². The van der Waals surface area contributed by atoms with E-state index in [4.69, 9.17) is 17.3 Å². The van der Waals surface area contributed by atoms with Crippen LogP contribution in [-0.4, -0.2) is 0 Å². The topological polar surface area (TPSA) is 26.0 Å². The van der Waals surface area contributed by atoms with Crippen molar-refractivity contribution in [1.29, 1.82) is 0 Å². The highest BCUT2D eigenvalue weighted by Gasteiger charge is 2.05. The second-order valence-electron chi connectivity index (χ2n) is 3.93. The smallest absolute Gasteiger partial charge is 0.0562 e. The first kappa shape index (κ1) is 12.3. The number of hydrogen-bond donors (Lipinski definition) is 1. The predicted octanol–water partition coefficient (Wildman–Crippen LogP) is 4.52. The van der Waals surface area contributed by atoms with Gasteiger partial charge in [0.25, 0.3) is 0 Å². The third-order valence-electron chi connectivity index (χ3n) is 2.50. The molecular weight excluding hydrogens is 250 g/mol. The molecule has 0 bridgehead atoms. The lowest BCUT2D eigenvalue weighted by Gasteiger charge is -2.07. The van der Waals surface area contributed by atoms with E-state index in [0.29, 0.717) is 0 Å². The second kappa shape index (κ2) is 5.48. The van der Waals surface area contributed by atoms with E-state index in [-0.39, 0.29) is 0 Å². The number of rotatable bonds is 3. The zero-order chi connectivity index (χ0) is 12.3. The normalized spacial score (nSPS) is 10.5. The van der Waals surface area contributed by atoms with Gasteiger partial charge in [0.05, 0.1) is 5.02 Å². The first-order valence-corrected chi connectivity index (χ1v) is 6.75. The Balaban J connectivity index is 2.10. The molecule has 0 saturated heterocycles. The zero-order valence-electron chi connectivity index (χ0n) is 9.61. The van der Waals surface area contributed by atoms with Crippen LogP contribution in [0.25, 0.3) is 0 Å². The number of thioether (sulfide) groups is 1. The van der Waals surface area contributed by atoms with E-state index in [9.17, 15) is 0 Å². The Morgan fingerprint density at radius 3 is 2.47 bits per heavy atom. The average Bonchev–Trinajstić information content (AvgIpc) is 2.31. The highest BCUT2D eigenvalue weighted by Crippen LogP contribution is 2.34. The van der Waals surface area contributed by atoms with Crippen molar-refractivity contribution in [3.63, 3.8) is 0 Å². The van der Waals surface area contributed by atoms with Gasteiger partial charge in [-0.05, 0) is 24.6 Å². The van der Waals surface area contributed by atoms with Gasteiger partial charge >= 0.3 is 0 Å². The molecule has 0 aromatic heterocycles. The van der Waals surface area contributed by atoms with Crippen LogP contribution in [0.2, 0.25) is 5.02 Å². The molecule has 2 rings (SSSR count). The van der Waals surface area contributed by atoms with E-state index < -0.39 is 0 Å². The van der Waals surface area contributed by atoms with E-state index in [1.54, 1.807) is 11.8 Å². The van der Waals surface area contributed by atoms with Crippen LogP contribution in [0.5, 0.6) is 0 Å². The first-order valence-electron chi connectivity index (χ1n) is 5.39. The molecule has 2 aromatic rings. The minimum Gasteiger partial charge on any atom is -0.398 e. The molecular formula is C14H14ClNS. The number of nitrogen functional groups attached to an aromatic ring is 1. The molecule has 0 saturated carbocycles. The summed E-state index contributed by atoms with van der Waals surface area (Å²) in [4.78, 5) is 0.967. The van der Waals surface area contributed by atoms with Crippen molar-refractivity contribution in [3.8, 4) is 0 Å². The molecule has 0 aliphatic rings. The Morgan fingerprint density at radius 2 is 1.82 bits per heavy atom. The molecule has 0 radical (unpaired) electrons. The summed E-state index contributed by atoms with van der Waals surface area (Å²) in [7, 11) is 0. The quantitative estimate of drug-likeness (QED) is 0.651. The minimum atomic E-state index is 0.724. The van der Waals surface area contributed by atoms with Crippen molar-refractivity contribution in [1.82, 2.24) is 0 Å². The molecule has 0 fully saturated rings. The summed E-state index contributed by atoms with van der Waals surface area (Å²) in [6.45, 7) is 2.09. The maximum absolute atomic E-state index is 6.12. The van der Waals surface area contributed by atoms with Crippen LogP contribution in [0.3, 0.4) is 0 Å². The van der Waals surface area contributed by atoms with Crippen LogP contribution >= 0.6 is 23.4 Å². The summed E-state index contributed by atoms with van der Waals surface area (Å²) < 4.78 is 0. The lowest BCUT2D eigenvalue weighted by atomic mass is 10.2. The molecule has 2 N–H and O–H groups in total. The Bertz CT molecular complexity index is 488. The Kier molecular flexibility index (Phi) is 3.97. The number of hydrogen-bond acceptors (Lipinski definition) is 2. The Morgan fingerprint density at radius 1 is 1.12 bits per heavy atom. The van der Waals surface area contributed by atoms with E-state index >= 15 is 0 Å². The van der Waals surface area contributed by atoms with E-state index in [0.717, 1.165) is 21.4 Å². The van der Waals surface area contributed by atoms with E-state index in [1.807, 2.05) is 18.2 Å². The molecule has 0 aliphatic carbocycles. The lowest BCUT2D eigenvalue weighted by molar-refractivity contribution is 1.35. The second-order valence-corrected chi connectivity index (χ2v) is 5.33. The molecule has 2 aromatic carbocycles. The third kappa shape index (κ3) is 3.18. The fourth-order valence-corrected chi connectivity index (χ4v) is 2.81. The molecule has 0 heterocycles. The maximum atomic E-state index is 6.12. The van der Waals surface area contributed by atoms with Crippen molar-refractivity contribution >= 4 is 29.1 Å². The van der Waals surface area contributed by atoms with Crippen LogP contribution < -0.4 is 5.73 Å². The van der Waals surface area contributed by atoms with Crippen molar-refractivity contribution in [2.24, 2.45) is 0 Å². The van der Waals surface area contributed by atoms with Gasteiger partial charge in [-0.25, -0.2) is 0 Å². The minimum absolute atomic E-state index is 0.724. The summed E-state index contributed by atoms with van der Waals surface area (Å²) in [6, 6.07) is 14.1. The van der Waals surface area contributed by atoms with E-state index in [2.05, 4.69) is 31.2 Å². The van der Waals surface area contributed by atoms with Gasteiger partial charge in [0.2, 0.25) is 0 Å². The van der Waals surface area contributed by atoms with Gasteiger partial charge in [0.15, 0.2) is 0 Å². The van der Waals surface area contributed by atoms with Crippen LogP contribution in [0.4, 0.5) is 5.69 Å². The number of halogens is 1. The van der Waals surface area contributed by atoms with Crippen molar-refractivity contribution in [2.45, 2.75) is 17.6 Å². The molecule has 0 spiro atoms. The molecule has 0 amide bonds. The van der Waals surface area contributed by atoms with Gasteiger partial charge in [0.1, 0.15) is 0 Å². The highest BCUT2D eigenvalue weighted by atomic mass is 35.5. The lowest BCUT2D eigenvalue weighted by Crippen LogP contribution is -1.89. The molecule has 3 heteroatoms. The van der Waals surface area contributed by atoms with Crippen molar-refractivity contribution in [2.75, 3.05) is 5.73 Å².